The first-order valence-corrected chi connectivity index (χ1v) is 10.9. The Morgan fingerprint density at radius 2 is 1.77 bits per heavy atom. The number of nitrogen functional groups attached to an aromatic ring is 1. The van der Waals surface area contributed by atoms with Crippen LogP contribution in [0.25, 0.3) is 0 Å². The highest BCUT2D eigenvalue weighted by atomic mass is 35.5. The van der Waals surface area contributed by atoms with Gasteiger partial charge >= 0.3 is 0 Å². The lowest BCUT2D eigenvalue weighted by atomic mass is 9.98. The molecule has 1 heterocycles. The SMILES string of the molecule is CC(C)C[C@@H](C(=O)NC(C)(C)C)N(C(=O)c1snc(C(N)=O)c1N)c1ccc(Cl)cc1. The van der Waals surface area contributed by atoms with Gasteiger partial charge in [-0.15, -0.1) is 0 Å². The lowest BCUT2D eigenvalue weighted by Crippen LogP contribution is -2.54. The van der Waals surface area contributed by atoms with Gasteiger partial charge in [-0.2, -0.15) is 4.37 Å². The molecule has 0 aliphatic carbocycles. The van der Waals surface area contributed by atoms with Crippen molar-refractivity contribution in [1.82, 2.24) is 9.69 Å². The number of benzene rings is 1. The summed E-state index contributed by atoms with van der Waals surface area (Å²) in [5.74, 6) is -1.56. The molecule has 0 radical (unpaired) electrons. The number of amides is 3. The largest absolute Gasteiger partial charge is 0.395 e. The zero-order valence-corrected chi connectivity index (χ0v) is 19.8. The number of hydrogen-bond donors (Lipinski definition) is 3. The molecule has 1 aromatic carbocycles. The Kier molecular flexibility index (Phi) is 7.67. The number of hydrogen-bond acceptors (Lipinski definition) is 6. The third-order valence-electron chi connectivity index (χ3n) is 4.29. The molecule has 0 bridgehead atoms. The molecule has 0 spiro atoms. The Balaban J connectivity index is 2.61. The van der Waals surface area contributed by atoms with Crippen LogP contribution in [0.5, 0.6) is 0 Å². The van der Waals surface area contributed by atoms with E-state index in [9.17, 15) is 14.4 Å². The van der Waals surface area contributed by atoms with Crippen LogP contribution in [0.15, 0.2) is 24.3 Å². The molecular weight excluding hydrogens is 438 g/mol. The standard InChI is InChI=1S/C21H28ClN5O3S/c1-11(2)10-14(19(29)25-21(3,4)5)27(13-8-6-12(22)7-9-13)20(30)17-15(23)16(18(24)28)26-31-17/h6-9,11,14H,10,23H2,1-5H3,(H2,24,28)(H,25,29)/t14-/m0/s1. The van der Waals surface area contributed by atoms with E-state index >= 15 is 0 Å². The van der Waals surface area contributed by atoms with Gasteiger partial charge in [0.15, 0.2) is 5.69 Å². The second-order valence-corrected chi connectivity index (χ2v) is 9.88. The summed E-state index contributed by atoms with van der Waals surface area (Å²) in [6.45, 7) is 9.53. The maximum atomic E-state index is 13.6. The van der Waals surface area contributed by atoms with Gasteiger partial charge in [0, 0.05) is 16.2 Å². The quantitative estimate of drug-likeness (QED) is 0.576. The number of halogens is 1. The average Bonchev–Trinajstić information content (AvgIpc) is 3.02. The van der Waals surface area contributed by atoms with Gasteiger partial charge in [-0.1, -0.05) is 25.4 Å². The number of rotatable bonds is 7. The van der Waals surface area contributed by atoms with Crippen LogP contribution in [0.3, 0.4) is 0 Å². The maximum absolute atomic E-state index is 13.6. The lowest BCUT2D eigenvalue weighted by molar-refractivity contribution is -0.124. The zero-order chi connectivity index (χ0) is 23.5. The molecule has 0 unspecified atom stereocenters. The molecule has 0 aliphatic heterocycles. The van der Waals surface area contributed by atoms with E-state index in [1.54, 1.807) is 24.3 Å². The second kappa shape index (κ2) is 9.65. The van der Waals surface area contributed by atoms with E-state index in [0.29, 0.717) is 17.1 Å². The molecule has 3 amide bonds. The van der Waals surface area contributed by atoms with E-state index in [2.05, 4.69) is 9.69 Å². The minimum atomic E-state index is -0.827. The monoisotopic (exact) mass is 465 g/mol. The highest BCUT2D eigenvalue weighted by molar-refractivity contribution is 7.09. The highest BCUT2D eigenvalue weighted by Crippen LogP contribution is 2.30. The van der Waals surface area contributed by atoms with Crippen molar-refractivity contribution in [3.63, 3.8) is 0 Å². The molecule has 2 rings (SSSR count). The van der Waals surface area contributed by atoms with E-state index in [1.165, 1.54) is 4.90 Å². The lowest BCUT2D eigenvalue weighted by Gasteiger charge is -2.34. The number of primary amides is 1. The third-order valence-corrected chi connectivity index (χ3v) is 5.39. The van der Waals surface area contributed by atoms with E-state index in [0.717, 1.165) is 11.5 Å². The Bertz CT molecular complexity index is 966. The molecular formula is C21H28ClN5O3S. The van der Waals surface area contributed by atoms with Gasteiger partial charge in [0.05, 0.1) is 5.69 Å². The van der Waals surface area contributed by atoms with Crippen LogP contribution in [0.4, 0.5) is 11.4 Å². The summed E-state index contributed by atoms with van der Waals surface area (Å²) in [6.07, 6.45) is 0.400. The molecule has 0 saturated heterocycles. The first-order chi connectivity index (χ1) is 14.3. The summed E-state index contributed by atoms with van der Waals surface area (Å²) < 4.78 is 3.92. The van der Waals surface area contributed by atoms with Crippen molar-refractivity contribution in [1.29, 1.82) is 0 Å². The number of nitrogens with two attached hydrogens (primary N) is 2. The van der Waals surface area contributed by atoms with Crippen LogP contribution in [0, 0.1) is 5.92 Å². The number of anilines is 2. The Morgan fingerprint density at radius 1 is 1.19 bits per heavy atom. The predicted molar refractivity (Wildman–Crippen MR) is 124 cm³/mol. The van der Waals surface area contributed by atoms with Gasteiger partial charge in [0.25, 0.3) is 11.8 Å². The molecule has 0 aliphatic rings. The van der Waals surface area contributed by atoms with Crippen molar-refractivity contribution in [2.24, 2.45) is 11.7 Å². The second-order valence-electron chi connectivity index (χ2n) is 8.67. The number of carbonyl (C=O) groups is 3. The first-order valence-electron chi connectivity index (χ1n) is 9.78. The van der Waals surface area contributed by atoms with Gasteiger partial charge in [0.1, 0.15) is 10.9 Å². The molecule has 0 fully saturated rings. The van der Waals surface area contributed by atoms with E-state index in [-0.39, 0.29) is 28.1 Å². The van der Waals surface area contributed by atoms with Gasteiger partial charge in [-0.3, -0.25) is 19.3 Å². The summed E-state index contributed by atoms with van der Waals surface area (Å²) in [5.41, 5.74) is 11.0. The smallest absolute Gasteiger partial charge is 0.272 e. The minimum Gasteiger partial charge on any atom is -0.395 e. The van der Waals surface area contributed by atoms with Gasteiger partial charge in [-0.05, 0) is 68.9 Å². The number of carbonyl (C=O) groups excluding carboxylic acids is 3. The number of aromatic nitrogens is 1. The molecule has 5 N–H and O–H groups in total. The van der Waals surface area contributed by atoms with Crippen LogP contribution in [0.2, 0.25) is 5.02 Å². The fourth-order valence-corrected chi connectivity index (χ4v) is 3.88. The van der Waals surface area contributed by atoms with Gasteiger partial charge < -0.3 is 16.8 Å². The van der Waals surface area contributed by atoms with Crippen molar-refractivity contribution in [3.05, 3.63) is 39.9 Å². The van der Waals surface area contributed by atoms with E-state index < -0.39 is 23.4 Å². The molecule has 1 atom stereocenters. The molecule has 1 aromatic heterocycles. The van der Waals surface area contributed by atoms with E-state index in [4.69, 9.17) is 23.1 Å². The Morgan fingerprint density at radius 3 is 2.23 bits per heavy atom. The van der Waals surface area contributed by atoms with Crippen molar-refractivity contribution in [3.8, 4) is 0 Å². The predicted octanol–water partition coefficient (Wildman–Crippen LogP) is 3.45. The minimum absolute atomic E-state index is 0.0427. The summed E-state index contributed by atoms with van der Waals surface area (Å²) in [4.78, 5) is 39.9. The number of nitrogens with one attached hydrogen (secondary N) is 1. The normalized spacial score (nSPS) is 12.5. The molecule has 2 aromatic rings. The fourth-order valence-electron chi connectivity index (χ4n) is 3.01. The highest BCUT2D eigenvalue weighted by Gasteiger charge is 2.36. The summed E-state index contributed by atoms with van der Waals surface area (Å²) in [5, 5.41) is 3.44. The molecule has 168 valence electrons. The van der Waals surface area contributed by atoms with Crippen LogP contribution in [0.1, 0.15) is 61.2 Å². The van der Waals surface area contributed by atoms with Crippen LogP contribution in [-0.2, 0) is 4.79 Å². The summed E-state index contributed by atoms with van der Waals surface area (Å²) in [6, 6.07) is 5.76. The van der Waals surface area contributed by atoms with Crippen molar-refractivity contribution in [2.45, 2.75) is 52.6 Å². The number of nitrogens with zero attached hydrogens (tertiary/aromatic N) is 2. The van der Waals surface area contributed by atoms with Gasteiger partial charge in [0.2, 0.25) is 5.91 Å². The van der Waals surface area contributed by atoms with Crippen LogP contribution in [-0.4, -0.2) is 33.7 Å². The maximum Gasteiger partial charge on any atom is 0.272 e. The van der Waals surface area contributed by atoms with Crippen molar-refractivity contribution in [2.75, 3.05) is 10.6 Å². The average molecular weight is 466 g/mol. The van der Waals surface area contributed by atoms with Crippen molar-refractivity contribution >= 4 is 52.2 Å². The Labute approximate surface area is 191 Å². The van der Waals surface area contributed by atoms with Crippen LogP contribution >= 0.6 is 23.1 Å². The molecule has 31 heavy (non-hydrogen) atoms. The zero-order valence-electron chi connectivity index (χ0n) is 18.2. The van der Waals surface area contributed by atoms with Gasteiger partial charge in [-0.25, -0.2) is 0 Å². The van der Waals surface area contributed by atoms with Crippen LogP contribution < -0.4 is 21.7 Å². The summed E-state index contributed by atoms with van der Waals surface area (Å²) in [7, 11) is 0. The molecule has 10 heteroatoms. The van der Waals surface area contributed by atoms with Crippen molar-refractivity contribution < 1.29 is 14.4 Å². The summed E-state index contributed by atoms with van der Waals surface area (Å²) >= 11 is 6.80. The van der Waals surface area contributed by atoms with E-state index in [1.807, 2.05) is 34.6 Å². The topological polar surface area (TPSA) is 131 Å². The first kappa shape index (κ1) is 24.6. The third kappa shape index (κ3) is 6.18. The molecule has 0 saturated carbocycles. The Hall–Kier alpha value is -2.65. The fraction of sp³-hybridized carbons (Fsp3) is 0.429. The molecule has 8 nitrogen and oxygen atoms in total.